The van der Waals surface area contributed by atoms with Crippen LogP contribution in [0, 0.1) is 5.92 Å². The van der Waals surface area contributed by atoms with E-state index in [0.29, 0.717) is 5.92 Å². The molecule has 2 aliphatic rings. The zero-order valence-electron chi connectivity index (χ0n) is 18.5. The molecule has 5 rings (SSSR count). The zero-order chi connectivity index (χ0) is 20.9. The first-order chi connectivity index (χ1) is 15.4. The summed E-state index contributed by atoms with van der Waals surface area (Å²) in [6.07, 6.45) is 15.3. The molecule has 3 aromatic rings. The van der Waals surface area contributed by atoms with Gasteiger partial charge in [0.15, 0.2) is 0 Å². The van der Waals surface area contributed by atoms with Gasteiger partial charge >= 0.3 is 0 Å². The van der Waals surface area contributed by atoms with E-state index in [-0.39, 0.29) is 0 Å². The maximum Gasteiger partial charge on any atom is 0.0435 e. The molecule has 0 radical (unpaired) electrons. The summed E-state index contributed by atoms with van der Waals surface area (Å²) in [6, 6.07) is 15.5. The molecule has 3 heteroatoms. The Kier molecular flexibility index (Phi) is 6.81. The fourth-order valence-electron chi connectivity index (χ4n) is 5.60. The summed E-state index contributed by atoms with van der Waals surface area (Å²) in [5, 5.41) is 3.64. The zero-order valence-corrected chi connectivity index (χ0v) is 19.3. The first-order valence-electron chi connectivity index (χ1n) is 12.2. The van der Waals surface area contributed by atoms with Gasteiger partial charge in [-0.15, -0.1) is 11.3 Å². The molecule has 0 N–H and O–H groups in total. The third-order valence-electron chi connectivity index (χ3n) is 7.38. The Bertz CT molecular complexity index is 1000. The van der Waals surface area contributed by atoms with Crippen LogP contribution in [0.25, 0.3) is 15.7 Å². The first-order valence-corrected chi connectivity index (χ1v) is 13.0. The van der Waals surface area contributed by atoms with Crippen LogP contribution in [0.4, 0.5) is 0 Å². The third-order valence-corrected chi connectivity index (χ3v) is 8.26. The lowest BCUT2D eigenvalue weighted by atomic mass is 9.80. The average molecular weight is 431 g/mol. The maximum atomic E-state index is 4.75. The third kappa shape index (κ3) is 5.10. The van der Waals surface area contributed by atoms with Gasteiger partial charge in [-0.1, -0.05) is 56.4 Å². The average Bonchev–Trinajstić information content (AvgIpc) is 3.32. The number of rotatable bonds is 7. The van der Waals surface area contributed by atoms with Gasteiger partial charge in [0.2, 0.25) is 0 Å². The van der Waals surface area contributed by atoms with Crippen molar-refractivity contribution < 1.29 is 0 Å². The van der Waals surface area contributed by atoms with Crippen LogP contribution in [0.15, 0.2) is 60.1 Å². The van der Waals surface area contributed by atoms with Gasteiger partial charge in [-0.25, -0.2) is 0 Å². The standard InChI is InChI=1S/C28H34N2S/c1-2-7-22(8-3-1)21-24(27-10-4-5-16-29-27)14-19-30-17-12-23(13-18-30)25-9-6-11-28-26(25)15-20-31-28/h4-6,9-12,15-16,20,22,24H,1-3,7-8,13-14,17-19,21H2. The molecule has 162 valence electrons. The van der Waals surface area contributed by atoms with Crippen molar-refractivity contribution in [1.29, 1.82) is 0 Å². The molecule has 0 saturated heterocycles. The summed E-state index contributed by atoms with van der Waals surface area (Å²) in [7, 11) is 0. The Morgan fingerprint density at radius 1 is 1.03 bits per heavy atom. The molecular formula is C28H34N2S. The fraction of sp³-hybridized carbons (Fsp3) is 0.464. The van der Waals surface area contributed by atoms with Crippen LogP contribution in [-0.2, 0) is 0 Å². The number of nitrogens with zero attached hydrogens (tertiary/aromatic N) is 2. The summed E-state index contributed by atoms with van der Waals surface area (Å²) in [4.78, 5) is 7.40. The number of hydrogen-bond acceptors (Lipinski definition) is 3. The highest BCUT2D eigenvalue weighted by molar-refractivity contribution is 7.17. The number of benzene rings is 1. The van der Waals surface area contributed by atoms with Gasteiger partial charge < -0.3 is 0 Å². The highest BCUT2D eigenvalue weighted by Gasteiger charge is 2.22. The van der Waals surface area contributed by atoms with E-state index < -0.39 is 0 Å². The summed E-state index contributed by atoms with van der Waals surface area (Å²) in [6.45, 7) is 3.43. The minimum Gasteiger partial charge on any atom is -0.299 e. The normalized spacial score (nSPS) is 19.4. The summed E-state index contributed by atoms with van der Waals surface area (Å²) in [5.41, 5.74) is 4.29. The van der Waals surface area contributed by atoms with Crippen LogP contribution in [0.2, 0.25) is 0 Å². The molecule has 1 aliphatic heterocycles. The SMILES string of the molecule is C1=C(c2cccc3sccc23)CCN(CCC(CC2CCCCC2)c2ccccn2)C1. The monoisotopic (exact) mass is 430 g/mol. The largest absolute Gasteiger partial charge is 0.299 e. The lowest BCUT2D eigenvalue weighted by Gasteiger charge is -2.30. The molecule has 1 atom stereocenters. The molecule has 1 fully saturated rings. The van der Waals surface area contributed by atoms with Crippen molar-refractivity contribution in [3.63, 3.8) is 0 Å². The van der Waals surface area contributed by atoms with Gasteiger partial charge in [0.1, 0.15) is 0 Å². The minimum atomic E-state index is 0.606. The molecule has 31 heavy (non-hydrogen) atoms. The number of aromatic nitrogens is 1. The number of pyridine rings is 1. The highest BCUT2D eigenvalue weighted by Crippen LogP contribution is 2.35. The van der Waals surface area contributed by atoms with E-state index in [1.165, 1.54) is 85.0 Å². The molecule has 0 spiro atoms. The van der Waals surface area contributed by atoms with Gasteiger partial charge in [-0.2, -0.15) is 0 Å². The van der Waals surface area contributed by atoms with Crippen LogP contribution in [0.3, 0.4) is 0 Å². The lowest BCUT2D eigenvalue weighted by Crippen LogP contribution is -2.30. The van der Waals surface area contributed by atoms with Crippen LogP contribution in [0.1, 0.15) is 68.5 Å². The molecule has 0 amide bonds. The predicted molar refractivity (Wildman–Crippen MR) is 134 cm³/mol. The van der Waals surface area contributed by atoms with Crippen LogP contribution in [-0.4, -0.2) is 29.5 Å². The second kappa shape index (κ2) is 10.1. The Morgan fingerprint density at radius 3 is 2.77 bits per heavy atom. The Hall–Kier alpha value is -1.97. The Labute approximate surface area is 191 Å². The van der Waals surface area contributed by atoms with Crippen LogP contribution < -0.4 is 0 Å². The number of thiophene rings is 1. The summed E-state index contributed by atoms with van der Waals surface area (Å²) >= 11 is 1.85. The van der Waals surface area contributed by atoms with E-state index in [0.717, 1.165) is 18.9 Å². The Morgan fingerprint density at radius 2 is 1.97 bits per heavy atom. The molecule has 2 nitrogen and oxygen atoms in total. The highest BCUT2D eigenvalue weighted by atomic mass is 32.1. The molecule has 0 bridgehead atoms. The van der Waals surface area contributed by atoms with E-state index in [1.807, 2.05) is 23.6 Å². The van der Waals surface area contributed by atoms with Gasteiger partial charge in [0.25, 0.3) is 0 Å². The maximum absolute atomic E-state index is 4.75. The van der Waals surface area contributed by atoms with Crippen molar-refractivity contribution in [1.82, 2.24) is 9.88 Å². The second-order valence-corrected chi connectivity index (χ2v) is 10.3. The smallest absolute Gasteiger partial charge is 0.0435 e. The molecular weight excluding hydrogens is 396 g/mol. The Balaban J connectivity index is 1.22. The second-order valence-electron chi connectivity index (χ2n) is 9.40. The van der Waals surface area contributed by atoms with Crippen molar-refractivity contribution in [2.45, 2.75) is 57.3 Å². The molecule has 1 saturated carbocycles. The summed E-state index contributed by atoms with van der Waals surface area (Å²) in [5.74, 6) is 1.51. The molecule has 1 unspecified atom stereocenters. The van der Waals surface area contributed by atoms with Crippen molar-refractivity contribution in [2.75, 3.05) is 19.6 Å². The molecule has 2 aromatic heterocycles. The summed E-state index contributed by atoms with van der Waals surface area (Å²) < 4.78 is 1.40. The number of fused-ring (bicyclic) bond motifs is 1. The fourth-order valence-corrected chi connectivity index (χ4v) is 6.41. The van der Waals surface area contributed by atoms with Crippen molar-refractivity contribution >= 4 is 27.0 Å². The van der Waals surface area contributed by atoms with E-state index in [4.69, 9.17) is 4.98 Å². The predicted octanol–water partition coefficient (Wildman–Crippen LogP) is 7.53. The molecule has 1 aromatic carbocycles. The molecule has 3 heterocycles. The van der Waals surface area contributed by atoms with Crippen LogP contribution in [0.5, 0.6) is 0 Å². The van der Waals surface area contributed by atoms with Gasteiger partial charge in [-0.05, 0) is 77.9 Å². The first kappa shape index (κ1) is 20.9. The number of hydrogen-bond donors (Lipinski definition) is 0. The van der Waals surface area contributed by atoms with Gasteiger partial charge in [0, 0.05) is 35.6 Å². The van der Waals surface area contributed by atoms with Crippen molar-refractivity contribution in [3.8, 4) is 0 Å². The van der Waals surface area contributed by atoms with Crippen molar-refractivity contribution in [3.05, 3.63) is 71.4 Å². The topological polar surface area (TPSA) is 16.1 Å². The quantitative estimate of drug-likeness (QED) is 0.385. The molecule has 1 aliphatic carbocycles. The lowest BCUT2D eigenvalue weighted by molar-refractivity contribution is 0.263. The van der Waals surface area contributed by atoms with Crippen LogP contribution >= 0.6 is 11.3 Å². The van der Waals surface area contributed by atoms with Gasteiger partial charge in [-0.3, -0.25) is 9.88 Å². The van der Waals surface area contributed by atoms with Crippen molar-refractivity contribution in [2.24, 2.45) is 5.92 Å². The van der Waals surface area contributed by atoms with E-state index >= 15 is 0 Å². The van der Waals surface area contributed by atoms with E-state index in [9.17, 15) is 0 Å². The van der Waals surface area contributed by atoms with E-state index in [2.05, 4.69) is 52.8 Å². The van der Waals surface area contributed by atoms with Gasteiger partial charge in [0.05, 0.1) is 0 Å². The minimum absolute atomic E-state index is 0.606. The van der Waals surface area contributed by atoms with E-state index in [1.54, 1.807) is 0 Å².